The molecule has 4 nitrogen and oxygen atoms in total. The van der Waals surface area contributed by atoms with Gasteiger partial charge in [0.2, 0.25) is 0 Å². The summed E-state index contributed by atoms with van der Waals surface area (Å²) in [6.45, 7) is 0. The van der Waals surface area contributed by atoms with Crippen LogP contribution in [0.4, 0.5) is 8.78 Å². The maximum Gasteiger partial charge on any atom is 0.287 e. The molecule has 1 aromatic heterocycles. The first kappa shape index (κ1) is 19.9. The van der Waals surface area contributed by atoms with E-state index in [1.54, 1.807) is 42.5 Å². The van der Waals surface area contributed by atoms with E-state index in [0.29, 0.717) is 0 Å². The molecule has 1 aliphatic carbocycles. The summed E-state index contributed by atoms with van der Waals surface area (Å²) in [5.74, 6) is -5.36. The lowest BCUT2D eigenvalue weighted by atomic mass is 9.72. The number of hydrogen-bond acceptors (Lipinski definition) is 4. The molecule has 8 heteroatoms. The first-order valence-corrected chi connectivity index (χ1v) is 10.3. The number of fused-ring (bicyclic) bond motifs is 3. The van der Waals surface area contributed by atoms with Gasteiger partial charge in [0.1, 0.15) is 11.4 Å². The molecule has 2 heterocycles. The molecule has 30 heavy (non-hydrogen) atoms. The van der Waals surface area contributed by atoms with Crippen LogP contribution in [0.5, 0.6) is 5.75 Å². The van der Waals surface area contributed by atoms with Crippen LogP contribution in [0, 0.1) is 0 Å². The highest BCUT2D eigenvalue weighted by Crippen LogP contribution is 2.70. The monoisotopic (exact) mass is 493 g/mol. The van der Waals surface area contributed by atoms with E-state index >= 15 is 8.78 Å². The molecular weight excluding hydrogens is 480 g/mol. The Labute approximate surface area is 184 Å². The standard InChI is InChI=1S/C22H15BrClF2NO3/c23-14-8-6-13(7-9-14)21-17(12-4-2-1-3-5-12)22(25,26)19(28)20(21,29)18-16(30-21)10-15(24)11-27-18/h1-11,17,19,28-29H. The van der Waals surface area contributed by atoms with Crippen molar-refractivity contribution in [3.05, 3.63) is 93.2 Å². The zero-order valence-electron chi connectivity index (χ0n) is 15.3. The van der Waals surface area contributed by atoms with Crippen LogP contribution in [0.2, 0.25) is 5.02 Å². The van der Waals surface area contributed by atoms with Crippen molar-refractivity contribution < 1.29 is 23.7 Å². The Balaban J connectivity index is 1.88. The molecule has 0 bridgehead atoms. The number of alkyl halides is 2. The molecule has 0 saturated heterocycles. The highest BCUT2D eigenvalue weighted by atomic mass is 79.9. The average molecular weight is 495 g/mol. The van der Waals surface area contributed by atoms with E-state index in [1.807, 2.05) is 0 Å². The lowest BCUT2D eigenvalue weighted by Gasteiger charge is -2.39. The molecule has 0 radical (unpaired) electrons. The lowest BCUT2D eigenvalue weighted by molar-refractivity contribution is -0.175. The van der Waals surface area contributed by atoms with Crippen molar-refractivity contribution in [2.75, 3.05) is 0 Å². The Morgan fingerprint density at radius 3 is 2.40 bits per heavy atom. The van der Waals surface area contributed by atoms with Gasteiger partial charge in [0.15, 0.2) is 17.3 Å². The van der Waals surface area contributed by atoms with E-state index in [4.69, 9.17) is 16.3 Å². The summed E-state index contributed by atoms with van der Waals surface area (Å²) in [6, 6.07) is 16.0. The zero-order chi connectivity index (χ0) is 21.3. The predicted molar refractivity (Wildman–Crippen MR) is 110 cm³/mol. The smallest absolute Gasteiger partial charge is 0.287 e. The van der Waals surface area contributed by atoms with Gasteiger partial charge in [-0.2, -0.15) is 0 Å². The number of nitrogens with zero attached hydrogens (tertiary/aromatic N) is 1. The number of rotatable bonds is 2. The first-order chi connectivity index (χ1) is 14.2. The minimum absolute atomic E-state index is 0.0587. The molecular formula is C22H15BrClF2NO3. The summed E-state index contributed by atoms with van der Waals surface area (Å²) >= 11 is 9.38. The van der Waals surface area contributed by atoms with Crippen molar-refractivity contribution >= 4 is 27.5 Å². The Bertz CT molecular complexity index is 1130. The fourth-order valence-corrected chi connectivity index (χ4v) is 5.19. The molecule has 4 unspecified atom stereocenters. The minimum atomic E-state index is -3.72. The summed E-state index contributed by atoms with van der Waals surface area (Å²) in [5, 5.41) is 22.9. The fourth-order valence-electron chi connectivity index (χ4n) is 4.78. The molecule has 5 rings (SSSR count). The van der Waals surface area contributed by atoms with Crippen molar-refractivity contribution in [2.24, 2.45) is 0 Å². The molecule has 0 amide bonds. The summed E-state index contributed by atoms with van der Waals surface area (Å²) in [5.41, 5.74) is -4.20. The first-order valence-electron chi connectivity index (χ1n) is 9.17. The highest BCUT2D eigenvalue weighted by molar-refractivity contribution is 9.10. The van der Waals surface area contributed by atoms with Crippen LogP contribution in [0.1, 0.15) is 22.7 Å². The van der Waals surface area contributed by atoms with Crippen LogP contribution in [-0.4, -0.2) is 27.2 Å². The van der Waals surface area contributed by atoms with E-state index in [1.165, 1.54) is 24.4 Å². The zero-order valence-corrected chi connectivity index (χ0v) is 17.6. The third-order valence-corrected chi connectivity index (χ3v) is 6.71. The number of pyridine rings is 1. The maximum absolute atomic E-state index is 15.7. The molecule has 1 saturated carbocycles. The highest BCUT2D eigenvalue weighted by Gasteiger charge is 2.83. The molecule has 2 aromatic carbocycles. The van der Waals surface area contributed by atoms with Crippen molar-refractivity contribution in [3.63, 3.8) is 0 Å². The van der Waals surface area contributed by atoms with Crippen LogP contribution < -0.4 is 4.74 Å². The summed E-state index contributed by atoms with van der Waals surface area (Å²) in [6.07, 6.45) is -1.23. The fraction of sp³-hybridized carbons (Fsp3) is 0.227. The van der Waals surface area contributed by atoms with Gasteiger partial charge in [-0.1, -0.05) is 70.0 Å². The van der Waals surface area contributed by atoms with Crippen molar-refractivity contribution in [2.45, 2.75) is 29.1 Å². The molecule has 2 aliphatic rings. The van der Waals surface area contributed by atoms with Gasteiger partial charge in [-0.15, -0.1) is 0 Å². The van der Waals surface area contributed by atoms with Gasteiger partial charge < -0.3 is 14.9 Å². The molecule has 2 N–H and O–H groups in total. The van der Waals surface area contributed by atoms with E-state index < -0.39 is 29.1 Å². The third-order valence-electron chi connectivity index (χ3n) is 5.98. The van der Waals surface area contributed by atoms with Gasteiger partial charge >= 0.3 is 0 Å². The molecule has 154 valence electrons. The number of halogens is 4. The van der Waals surface area contributed by atoms with Crippen LogP contribution in [0.15, 0.2) is 71.3 Å². The third kappa shape index (κ3) is 2.35. The Kier molecular flexibility index (Phi) is 4.29. The number of aliphatic hydroxyl groups is 2. The second-order valence-electron chi connectivity index (χ2n) is 7.53. The van der Waals surface area contributed by atoms with Crippen LogP contribution in [0.3, 0.4) is 0 Å². The number of hydrogen-bond donors (Lipinski definition) is 2. The summed E-state index contributed by atoms with van der Waals surface area (Å²) in [4.78, 5) is 4.10. The van der Waals surface area contributed by atoms with Gasteiger partial charge in [0.05, 0.1) is 10.9 Å². The van der Waals surface area contributed by atoms with Gasteiger partial charge in [0.25, 0.3) is 5.92 Å². The van der Waals surface area contributed by atoms with E-state index in [0.717, 1.165) is 4.47 Å². The summed E-state index contributed by atoms with van der Waals surface area (Å²) in [7, 11) is 0. The Morgan fingerprint density at radius 2 is 1.73 bits per heavy atom. The number of benzene rings is 2. The van der Waals surface area contributed by atoms with Crippen LogP contribution >= 0.6 is 27.5 Å². The summed E-state index contributed by atoms with van der Waals surface area (Å²) < 4.78 is 38.2. The van der Waals surface area contributed by atoms with Crippen molar-refractivity contribution in [1.82, 2.24) is 4.98 Å². The van der Waals surface area contributed by atoms with E-state index in [2.05, 4.69) is 20.9 Å². The van der Waals surface area contributed by atoms with Crippen LogP contribution in [0.25, 0.3) is 0 Å². The second-order valence-corrected chi connectivity index (χ2v) is 8.88. The van der Waals surface area contributed by atoms with Gasteiger partial charge in [0, 0.05) is 16.7 Å². The molecule has 1 fully saturated rings. The van der Waals surface area contributed by atoms with Crippen molar-refractivity contribution in [3.8, 4) is 5.75 Å². The molecule has 4 atom stereocenters. The van der Waals surface area contributed by atoms with Crippen molar-refractivity contribution in [1.29, 1.82) is 0 Å². The largest absolute Gasteiger partial charge is 0.476 e. The average Bonchev–Trinajstić information content (AvgIpc) is 3.04. The number of aromatic nitrogens is 1. The number of aliphatic hydroxyl groups excluding tert-OH is 1. The predicted octanol–water partition coefficient (Wildman–Crippen LogP) is 4.77. The Morgan fingerprint density at radius 1 is 1.07 bits per heavy atom. The topological polar surface area (TPSA) is 62.6 Å². The normalized spacial score (nSPS) is 31.1. The lowest BCUT2D eigenvalue weighted by Crippen LogP contribution is -2.52. The minimum Gasteiger partial charge on any atom is -0.476 e. The SMILES string of the molecule is OC1C(F)(F)C(c2ccccc2)C2(c3ccc(Br)cc3)Oc3cc(Cl)cnc3C12O. The maximum atomic E-state index is 15.7. The van der Waals surface area contributed by atoms with Gasteiger partial charge in [-0.05, 0) is 23.3 Å². The second kappa shape index (κ2) is 6.47. The van der Waals surface area contributed by atoms with Gasteiger partial charge in [-0.25, -0.2) is 8.78 Å². The molecule has 0 spiro atoms. The van der Waals surface area contributed by atoms with Gasteiger partial charge in [-0.3, -0.25) is 4.98 Å². The molecule has 1 aliphatic heterocycles. The molecule has 3 aromatic rings. The quantitative estimate of drug-likeness (QED) is 0.539. The van der Waals surface area contributed by atoms with Crippen LogP contribution in [-0.2, 0) is 11.2 Å². The van der Waals surface area contributed by atoms with E-state index in [9.17, 15) is 10.2 Å². The Hall–Kier alpha value is -2.06. The van der Waals surface area contributed by atoms with E-state index in [-0.39, 0.29) is 27.6 Å². The number of ether oxygens (including phenoxy) is 1.